The first kappa shape index (κ1) is 15.0. The summed E-state index contributed by atoms with van der Waals surface area (Å²) in [5.74, 6) is 2.36. The third kappa shape index (κ3) is 4.93. The van der Waals surface area contributed by atoms with Gasteiger partial charge in [0.05, 0.1) is 0 Å². The topological polar surface area (TPSA) is 12.0 Å². The van der Waals surface area contributed by atoms with Crippen LogP contribution in [0.2, 0.25) is 0 Å². The van der Waals surface area contributed by atoms with Gasteiger partial charge in [-0.2, -0.15) is 11.8 Å². The lowest BCUT2D eigenvalue weighted by atomic mass is 10.1. The van der Waals surface area contributed by atoms with Crippen molar-refractivity contribution in [1.29, 1.82) is 0 Å². The summed E-state index contributed by atoms with van der Waals surface area (Å²) in [5, 5.41) is 3.48. The Balaban J connectivity index is 1.84. The van der Waals surface area contributed by atoms with E-state index in [1.54, 1.807) is 0 Å². The SMILES string of the molecule is CCCSCc1ccc(NCc2cccc(C)c2)cc1. The van der Waals surface area contributed by atoms with Gasteiger partial charge in [-0.05, 0) is 42.4 Å². The van der Waals surface area contributed by atoms with E-state index in [-0.39, 0.29) is 0 Å². The van der Waals surface area contributed by atoms with Crippen molar-refractivity contribution in [1.82, 2.24) is 0 Å². The normalized spacial score (nSPS) is 10.5. The zero-order valence-electron chi connectivity index (χ0n) is 12.4. The molecule has 2 aromatic rings. The Labute approximate surface area is 126 Å². The number of rotatable bonds is 7. The van der Waals surface area contributed by atoms with Gasteiger partial charge in [-0.1, -0.05) is 48.9 Å². The van der Waals surface area contributed by atoms with Crippen molar-refractivity contribution < 1.29 is 0 Å². The van der Waals surface area contributed by atoms with E-state index in [1.165, 1.54) is 34.6 Å². The molecule has 2 heteroatoms. The molecule has 2 rings (SSSR count). The van der Waals surface area contributed by atoms with Crippen LogP contribution in [-0.4, -0.2) is 5.75 Å². The summed E-state index contributed by atoms with van der Waals surface area (Å²) in [4.78, 5) is 0. The molecular formula is C18H23NS. The van der Waals surface area contributed by atoms with Crippen LogP contribution in [0.1, 0.15) is 30.0 Å². The second-order valence-electron chi connectivity index (χ2n) is 5.09. The number of nitrogens with one attached hydrogen (secondary N) is 1. The van der Waals surface area contributed by atoms with Crippen LogP contribution in [0.25, 0.3) is 0 Å². The summed E-state index contributed by atoms with van der Waals surface area (Å²) in [7, 11) is 0. The van der Waals surface area contributed by atoms with E-state index in [0.717, 1.165) is 12.3 Å². The van der Waals surface area contributed by atoms with Crippen LogP contribution in [0.5, 0.6) is 0 Å². The van der Waals surface area contributed by atoms with Crippen molar-refractivity contribution in [3.8, 4) is 0 Å². The molecule has 0 bridgehead atoms. The molecule has 2 aromatic carbocycles. The molecule has 0 saturated carbocycles. The first-order valence-electron chi connectivity index (χ1n) is 7.24. The van der Waals surface area contributed by atoms with E-state index in [4.69, 9.17) is 0 Å². The largest absolute Gasteiger partial charge is 0.381 e. The molecule has 0 aliphatic carbocycles. The summed E-state index contributed by atoms with van der Waals surface area (Å²) >= 11 is 2.00. The molecule has 0 unspecified atom stereocenters. The van der Waals surface area contributed by atoms with Crippen LogP contribution in [0.15, 0.2) is 48.5 Å². The average Bonchev–Trinajstić information content (AvgIpc) is 2.47. The molecule has 0 saturated heterocycles. The van der Waals surface area contributed by atoms with Crippen LogP contribution >= 0.6 is 11.8 Å². The third-order valence-electron chi connectivity index (χ3n) is 3.15. The van der Waals surface area contributed by atoms with E-state index in [0.29, 0.717) is 0 Å². The maximum absolute atomic E-state index is 3.48. The minimum absolute atomic E-state index is 0.881. The quantitative estimate of drug-likeness (QED) is 0.697. The van der Waals surface area contributed by atoms with E-state index in [9.17, 15) is 0 Å². The molecule has 20 heavy (non-hydrogen) atoms. The molecule has 0 aliphatic rings. The first-order chi connectivity index (χ1) is 9.78. The van der Waals surface area contributed by atoms with Gasteiger partial charge in [0.1, 0.15) is 0 Å². The van der Waals surface area contributed by atoms with Crippen molar-refractivity contribution in [3.63, 3.8) is 0 Å². The lowest BCUT2D eigenvalue weighted by Crippen LogP contribution is -1.99. The molecular weight excluding hydrogens is 262 g/mol. The zero-order valence-corrected chi connectivity index (χ0v) is 13.2. The van der Waals surface area contributed by atoms with Crippen molar-refractivity contribution in [3.05, 3.63) is 65.2 Å². The van der Waals surface area contributed by atoms with Gasteiger partial charge in [-0.15, -0.1) is 0 Å². The maximum atomic E-state index is 3.48. The number of aryl methyl sites for hydroxylation is 1. The predicted octanol–water partition coefficient (Wildman–Crippen LogP) is 5.25. The molecule has 0 fully saturated rings. The highest BCUT2D eigenvalue weighted by Gasteiger charge is 1.97. The van der Waals surface area contributed by atoms with Crippen molar-refractivity contribution >= 4 is 17.4 Å². The molecule has 0 radical (unpaired) electrons. The molecule has 1 N–H and O–H groups in total. The lowest BCUT2D eigenvalue weighted by Gasteiger charge is -2.08. The summed E-state index contributed by atoms with van der Waals surface area (Å²) in [6.07, 6.45) is 1.25. The summed E-state index contributed by atoms with van der Waals surface area (Å²) < 4.78 is 0. The van der Waals surface area contributed by atoms with Crippen LogP contribution < -0.4 is 5.32 Å². The standard InChI is InChI=1S/C18H23NS/c1-3-11-20-14-16-7-9-18(10-8-16)19-13-17-6-4-5-15(2)12-17/h4-10,12,19H,3,11,13-14H2,1-2H3. The Hall–Kier alpha value is -1.41. The van der Waals surface area contributed by atoms with Gasteiger partial charge < -0.3 is 5.32 Å². The smallest absolute Gasteiger partial charge is 0.0400 e. The molecule has 1 nitrogen and oxygen atoms in total. The van der Waals surface area contributed by atoms with Gasteiger partial charge in [0.25, 0.3) is 0 Å². The second kappa shape index (κ2) is 8.01. The third-order valence-corrected chi connectivity index (χ3v) is 4.38. The predicted molar refractivity (Wildman–Crippen MR) is 91.4 cm³/mol. The lowest BCUT2D eigenvalue weighted by molar-refractivity contribution is 1.10. The minimum atomic E-state index is 0.881. The Morgan fingerprint density at radius 1 is 1.00 bits per heavy atom. The Bertz CT molecular complexity index is 519. The molecule has 0 heterocycles. The van der Waals surface area contributed by atoms with Crippen LogP contribution in [0, 0.1) is 6.92 Å². The van der Waals surface area contributed by atoms with Gasteiger partial charge in [-0.3, -0.25) is 0 Å². The van der Waals surface area contributed by atoms with E-state index in [1.807, 2.05) is 11.8 Å². The highest BCUT2D eigenvalue weighted by Crippen LogP contribution is 2.16. The van der Waals surface area contributed by atoms with Crippen LogP contribution in [-0.2, 0) is 12.3 Å². The molecule has 106 valence electrons. The van der Waals surface area contributed by atoms with Gasteiger partial charge in [-0.25, -0.2) is 0 Å². The zero-order chi connectivity index (χ0) is 14.2. The Kier molecular flexibility index (Phi) is 6.00. The molecule has 0 aliphatic heterocycles. The van der Waals surface area contributed by atoms with E-state index in [2.05, 4.69) is 67.7 Å². The van der Waals surface area contributed by atoms with Crippen molar-refractivity contribution in [2.24, 2.45) is 0 Å². The number of hydrogen-bond acceptors (Lipinski definition) is 2. The molecule has 0 aromatic heterocycles. The minimum Gasteiger partial charge on any atom is -0.381 e. The maximum Gasteiger partial charge on any atom is 0.0400 e. The van der Waals surface area contributed by atoms with Gasteiger partial charge in [0.2, 0.25) is 0 Å². The van der Waals surface area contributed by atoms with Crippen molar-refractivity contribution in [2.75, 3.05) is 11.1 Å². The number of hydrogen-bond donors (Lipinski definition) is 1. The highest BCUT2D eigenvalue weighted by molar-refractivity contribution is 7.98. The first-order valence-corrected chi connectivity index (χ1v) is 8.39. The van der Waals surface area contributed by atoms with Crippen LogP contribution in [0.3, 0.4) is 0 Å². The fraction of sp³-hybridized carbons (Fsp3) is 0.333. The van der Waals surface area contributed by atoms with E-state index >= 15 is 0 Å². The molecule has 0 spiro atoms. The molecule has 0 amide bonds. The summed E-state index contributed by atoms with van der Waals surface area (Å²) in [5.41, 5.74) is 5.24. The average molecular weight is 285 g/mol. The van der Waals surface area contributed by atoms with Crippen molar-refractivity contribution in [2.45, 2.75) is 32.6 Å². The van der Waals surface area contributed by atoms with Gasteiger partial charge >= 0.3 is 0 Å². The second-order valence-corrected chi connectivity index (χ2v) is 6.20. The van der Waals surface area contributed by atoms with Gasteiger partial charge in [0, 0.05) is 18.0 Å². The number of anilines is 1. The fourth-order valence-electron chi connectivity index (χ4n) is 2.08. The number of benzene rings is 2. The summed E-state index contributed by atoms with van der Waals surface area (Å²) in [6, 6.07) is 17.4. The highest BCUT2D eigenvalue weighted by atomic mass is 32.2. The Morgan fingerprint density at radius 2 is 1.80 bits per heavy atom. The van der Waals surface area contributed by atoms with Gasteiger partial charge in [0.15, 0.2) is 0 Å². The Morgan fingerprint density at radius 3 is 2.50 bits per heavy atom. The fourth-order valence-corrected chi connectivity index (χ4v) is 2.94. The molecule has 0 atom stereocenters. The van der Waals surface area contributed by atoms with Crippen LogP contribution in [0.4, 0.5) is 5.69 Å². The summed E-state index contributed by atoms with van der Waals surface area (Å²) in [6.45, 7) is 5.24. The number of thioether (sulfide) groups is 1. The van der Waals surface area contributed by atoms with E-state index < -0.39 is 0 Å². The monoisotopic (exact) mass is 285 g/mol.